The van der Waals surface area contributed by atoms with Gasteiger partial charge in [0.15, 0.2) is 8.32 Å². The van der Waals surface area contributed by atoms with E-state index in [1.807, 2.05) is 30.3 Å². The van der Waals surface area contributed by atoms with Crippen molar-refractivity contribution < 1.29 is 13.2 Å². The fraction of sp³-hybridized carbons (Fsp3) is 0.619. The second kappa shape index (κ2) is 7.59. The predicted octanol–water partition coefficient (Wildman–Crippen LogP) is 6.23. The van der Waals surface area contributed by atoms with Gasteiger partial charge in [-0.05, 0) is 48.4 Å². The van der Waals surface area contributed by atoms with Crippen molar-refractivity contribution in [3.63, 3.8) is 0 Å². The van der Waals surface area contributed by atoms with Crippen LogP contribution < -0.4 is 0 Å². The summed E-state index contributed by atoms with van der Waals surface area (Å²) in [5.74, 6) is 1.33. The van der Waals surface area contributed by atoms with Gasteiger partial charge < -0.3 is 4.43 Å². The van der Waals surface area contributed by atoms with Crippen molar-refractivity contribution >= 4 is 8.32 Å². The summed E-state index contributed by atoms with van der Waals surface area (Å²) in [4.78, 5) is 0. The van der Waals surface area contributed by atoms with Gasteiger partial charge in [0.2, 0.25) is 0 Å². The number of halogens is 2. The van der Waals surface area contributed by atoms with Crippen LogP contribution in [0.1, 0.15) is 51.5 Å². The molecule has 2 atom stereocenters. The van der Waals surface area contributed by atoms with E-state index in [1.54, 1.807) is 0 Å². The van der Waals surface area contributed by atoms with Crippen LogP contribution in [0.3, 0.4) is 0 Å². The van der Waals surface area contributed by atoms with Crippen LogP contribution in [-0.2, 0) is 4.43 Å². The summed E-state index contributed by atoms with van der Waals surface area (Å²) in [7, 11) is -1.75. The molecule has 1 nitrogen and oxygen atoms in total. The van der Waals surface area contributed by atoms with Gasteiger partial charge in [-0.25, -0.2) is 0 Å². The van der Waals surface area contributed by atoms with Crippen LogP contribution in [0, 0.1) is 17.8 Å². The van der Waals surface area contributed by atoms with Crippen molar-refractivity contribution in [1.29, 1.82) is 0 Å². The Balaban J connectivity index is 1.76. The van der Waals surface area contributed by atoms with Crippen molar-refractivity contribution in [2.24, 2.45) is 5.92 Å². The lowest BCUT2D eigenvalue weighted by molar-refractivity contribution is 0.0393. The summed E-state index contributed by atoms with van der Waals surface area (Å²) in [5.41, 5.74) is 0.997. The molecule has 25 heavy (non-hydrogen) atoms. The molecule has 4 heteroatoms. The Labute approximate surface area is 152 Å². The molecule has 0 N–H and O–H groups in total. The minimum atomic E-state index is -2.89. The summed E-state index contributed by atoms with van der Waals surface area (Å²) >= 11 is 0. The zero-order valence-corrected chi connectivity index (χ0v) is 17.0. The van der Waals surface area contributed by atoms with Crippen molar-refractivity contribution in [3.8, 4) is 11.8 Å². The lowest BCUT2D eigenvalue weighted by Gasteiger charge is -2.36. The zero-order valence-electron chi connectivity index (χ0n) is 16.0. The molecule has 1 aromatic rings. The summed E-state index contributed by atoms with van der Waals surface area (Å²) in [6.45, 7) is 11.6. The van der Waals surface area contributed by atoms with Crippen LogP contribution >= 0.6 is 0 Å². The molecule has 0 aliphatic heterocycles. The predicted molar refractivity (Wildman–Crippen MR) is 102 cm³/mol. The molecule has 1 aliphatic carbocycles. The topological polar surface area (TPSA) is 9.23 Å². The molecule has 0 radical (unpaired) electrons. The number of hydrogen-bond acceptors (Lipinski definition) is 1. The molecule has 1 fully saturated rings. The fourth-order valence-electron chi connectivity index (χ4n) is 2.64. The van der Waals surface area contributed by atoms with Crippen molar-refractivity contribution in [3.05, 3.63) is 35.9 Å². The minimum Gasteiger partial charge on any atom is -0.417 e. The Bertz CT molecular complexity index is 623. The average molecular weight is 365 g/mol. The maximum absolute atomic E-state index is 14.2. The molecule has 0 heterocycles. The highest BCUT2D eigenvalue weighted by Crippen LogP contribution is 2.55. The molecule has 138 valence electrons. The first kappa shape index (κ1) is 20.1. The summed E-state index contributed by atoms with van der Waals surface area (Å²) in [6.07, 6.45) is 1.70. The van der Waals surface area contributed by atoms with Gasteiger partial charge in [-0.2, -0.15) is 8.78 Å². The van der Waals surface area contributed by atoms with Gasteiger partial charge in [-0.15, -0.1) is 0 Å². The number of unbranched alkanes of at least 4 members (excludes halogenated alkanes) is 1. The molecule has 1 aliphatic rings. The lowest BCUT2D eigenvalue weighted by Crippen LogP contribution is -2.40. The largest absolute Gasteiger partial charge is 0.417 e. The van der Waals surface area contributed by atoms with Gasteiger partial charge in [-0.1, -0.05) is 57.0 Å². The third-order valence-corrected chi connectivity index (χ3v) is 9.99. The third-order valence-electron chi connectivity index (χ3n) is 5.45. The van der Waals surface area contributed by atoms with Gasteiger partial charge in [-0.3, -0.25) is 0 Å². The normalized spacial score (nSPS) is 20.8. The SMILES string of the molecule is CC(C)(C)[Si](C)(C)OCCCC#CC(F)(F)[C@H]1C[C@H]1c1ccccc1. The molecule has 1 saturated carbocycles. The molecular formula is C21H30F2OSi. The average Bonchev–Trinajstić information content (AvgIpc) is 3.32. The molecule has 0 spiro atoms. The Morgan fingerprint density at radius 2 is 1.80 bits per heavy atom. The first-order chi connectivity index (χ1) is 11.5. The highest BCUT2D eigenvalue weighted by molar-refractivity contribution is 6.74. The summed E-state index contributed by atoms with van der Waals surface area (Å²) in [5, 5.41) is 0.171. The van der Waals surface area contributed by atoms with E-state index in [0.717, 1.165) is 5.56 Å². The molecule has 0 saturated heterocycles. The van der Waals surface area contributed by atoms with Gasteiger partial charge in [0.1, 0.15) is 0 Å². The second-order valence-electron chi connectivity index (χ2n) is 8.50. The summed E-state index contributed by atoms with van der Waals surface area (Å²) < 4.78 is 34.4. The molecule has 0 aromatic heterocycles. The molecular weight excluding hydrogens is 334 g/mol. The Kier molecular flexibility index (Phi) is 6.12. The maximum Gasteiger partial charge on any atom is 0.311 e. The van der Waals surface area contributed by atoms with Crippen molar-refractivity contribution in [2.45, 2.75) is 70.0 Å². The van der Waals surface area contributed by atoms with E-state index < -0.39 is 20.2 Å². The standard InChI is InChI=1S/C21H30F2OSi/c1-20(2,3)25(4,5)24-15-11-7-10-14-21(22,23)19-16-18(19)17-12-8-6-9-13-17/h6,8-9,12-13,18-19H,7,11,15-16H2,1-5H3/t18-,19-/m0/s1. The highest BCUT2D eigenvalue weighted by Gasteiger charge is 2.54. The van der Waals surface area contributed by atoms with Crippen molar-refractivity contribution in [1.82, 2.24) is 0 Å². The van der Waals surface area contributed by atoms with Crippen LogP contribution in [0.25, 0.3) is 0 Å². The second-order valence-corrected chi connectivity index (χ2v) is 13.3. The monoisotopic (exact) mass is 364 g/mol. The lowest BCUT2D eigenvalue weighted by atomic mass is 10.1. The number of rotatable bonds is 6. The molecule has 1 aromatic carbocycles. The van der Waals surface area contributed by atoms with Crippen molar-refractivity contribution in [2.75, 3.05) is 6.61 Å². The van der Waals surface area contributed by atoms with Crippen LogP contribution in [0.2, 0.25) is 18.1 Å². The van der Waals surface area contributed by atoms with Crippen LogP contribution in [0.4, 0.5) is 8.78 Å². The highest BCUT2D eigenvalue weighted by atomic mass is 28.4. The Hall–Kier alpha value is -1.18. The quantitative estimate of drug-likeness (QED) is 0.330. The van der Waals surface area contributed by atoms with Gasteiger partial charge >= 0.3 is 5.92 Å². The van der Waals surface area contributed by atoms with E-state index in [4.69, 9.17) is 4.43 Å². The van der Waals surface area contributed by atoms with E-state index >= 15 is 0 Å². The van der Waals surface area contributed by atoms with Gasteiger partial charge in [0.25, 0.3) is 0 Å². The van der Waals surface area contributed by atoms with Gasteiger partial charge in [0.05, 0.1) is 0 Å². The maximum atomic E-state index is 14.2. The van der Waals surface area contributed by atoms with Gasteiger partial charge in [0, 0.05) is 18.9 Å². The molecule has 0 bridgehead atoms. The van der Waals surface area contributed by atoms with E-state index in [9.17, 15) is 8.78 Å². The Morgan fingerprint density at radius 3 is 2.40 bits per heavy atom. The fourth-order valence-corrected chi connectivity index (χ4v) is 3.73. The number of benzene rings is 1. The van der Waals surface area contributed by atoms with Crippen LogP contribution in [-0.4, -0.2) is 20.8 Å². The van der Waals surface area contributed by atoms with E-state index in [-0.39, 0.29) is 11.0 Å². The smallest absolute Gasteiger partial charge is 0.311 e. The van der Waals surface area contributed by atoms with E-state index in [0.29, 0.717) is 25.9 Å². The first-order valence-electron chi connectivity index (χ1n) is 9.11. The first-order valence-corrected chi connectivity index (χ1v) is 12.0. The zero-order chi connectivity index (χ0) is 18.7. The molecule has 0 unspecified atom stereocenters. The number of alkyl halides is 2. The van der Waals surface area contributed by atoms with Crippen LogP contribution in [0.5, 0.6) is 0 Å². The van der Waals surface area contributed by atoms with E-state index in [1.165, 1.54) is 0 Å². The number of hydrogen-bond donors (Lipinski definition) is 0. The van der Waals surface area contributed by atoms with E-state index in [2.05, 4.69) is 45.7 Å². The summed E-state index contributed by atoms with van der Waals surface area (Å²) in [6, 6.07) is 9.55. The third kappa shape index (κ3) is 5.39. The molecule has 0 amide bonds. The molecule has 2 rings (SSSR count). The Morgan fingerprint density at radius 1 is 1.16 bits per heavy atom. The van der Waals surface area contributed by atoms with Crippen LogP contribution in [0.15, 0.2) is 30.3 Å². The minimum absolute atomic E-state index is 0.0487.